The van der Waals surface area contributed by atoms with Gasteiger partial charge in [0.2, 0.25) is 10.0 Å². The fourth-order valence-electron chi connectivity index (χ4n) is 2.00. The summed E-state index contributed by atoms with van der Waals surface area (Å²) in [7, 11) is -1.37. The highest BCUT2D eigenvalue weighted by atomic mass is 32.2. The van der Waals surface area contributed by atoms with E-state index in [0.29, 0.717) is 11.7 Å². The molecule has 0 aromatic rings. The van der Waals surface area contributed by atoms with Crippen molar-refractivity contribution in [3.05, 3.63) is 0 Å². The van der Waals surface area contributed by atoms with Crippen molar-refractivity contribution in [2.45, 2.75) is 39.2 Å². The third kappa shape index (κ3) is 3.71. The average Bonchev–Trinajstić information content (AvgIpc) is 2.27. The Morgan fingerprint density at radius 3 is 2.44 bits per heavy atom. The van der Waals surface area contributed by atoms with Gasteiger partial charge in [-0.05, 0) is 45.2 Å². The minimum atomic E-state index is -3.07. The molecule has 0 bridgehead atoms. The molecule has 1 aliphatic rings. The molecule has 1 rings (SSSR count). The molecule has 0 aromatic carbocycles. The Morgan fingerprint density at radius 2 is 1.94 bits per heavy atom. The van der Waals surface area contributed by atoms with Crippen LogP contribution in [0.5, 0.6) is 0 Å². The molecule has 0 radical (unpaired) electrons. The average molecular weight is 248 g/mol. The molecule has 1 aliphatic heterocycles. The Balaban J connectivity index is 2.56. The molecular weight excluding hydrogens is 224 g/mol. The second-order valence-corrected chi connectivity index (χ2v) is 6.82. The topological polar surface area (TPSA) is 49.4 Å². The second-order valence-electron chi connectivity index (χ2n) is 4.75. The molecule has 1 heterocycles. The molecule has 0 aliphatic carbocycles. The summed E-state index contributed by atoms with van der Waals surface area (Å²) in [6, 6.07) is 0.103. The van der Waals surface area contributed by atoms with Gasteiger partial charge < -0.3 is 5.32 Å². The van der Waals surface area contributed by atoms with E-state index in [1.807, 2.05) is 13.8 Å². The van der Waals surface area contributed by atoms with Gasteiger partial charge in [-0.25, -0.2) is 12.7 Å². The summed E-state index contributed by atoms with van der Waals surface area (Å²) in [4.78, 5) is 0. The molecule has 1 saturated heterocycles. The van der Waals surface area contributed by atoms with Gasteiger partial charge in [0, 0.05) is 13.1 Å². The predicted octanol–water partition coefficient (Wildman–Crippen LogP) is 1.05. The normalized spacial score (nSPS) is 21.2. The van der Waals surface area contributed by atoms with E-state index in [-0.39, 0.29) is 6.04 Å². The number of sulfonamides is 1. The SMILES string of the molecule is CCC(C)N(C)S(=O)(=O)CC1CCNCC1. The molecule has 0 spiro atoms. The van der Waals surface area contributed by atoms with Gasteiger partial charge >= 0.3 is 0 Å². The standard InChI is InChI=1S/C11H24N2O2S/c1-4-10(2)13(3)16(14,15)9-11-5-7-12-8-6-11/h10-12H,4-9H2,1-3H3. The van der Waals surface area contributed by atoms with Crippen LogP contribution in [0.25, 0.3) is 0 Å². The smallest absolute Gasteiger partial charge is 0.214 e. The zero-order chi connectivity index (χ0) is 12.2. The van der Waals surface area contributed by atoms with Crippen LogP contribution in [-0.4, -0.2) is 44.7 Å². The lowest BCUT2D eigenvalue weighted by molar-refractivity contribution is 0.360. The van der Waals surface area contributed by atoms with Crippen LogP contribution in [0.15, 0.2) is 0 Å². The van der Waals surface area contributed by atoms with Crippen LogP contribution in [0, 0.1) is 5.92 Å². The first-order chi connectivity index (χ1) is 7.47. The molecule has 16 heavy (non-hydrogen) atoms. The summed E-state index contributed by atoms with van der Waals surface area (Å²) in [5.41, 5.74) is 0. The summed E-state index contributed by atoms with van der Waals surface area (Å²) < 4.78 is 25.7. The third-order valence-electron chi connectivity index (χ3n) is 3.56. The lowest BCUT2D eigenvalue weighted by Gasteiger charge is -2.28. The van der Waals surface area contributed by atoms with E-state index in [1.54, 1.807) is 7.05 Å². The number of hydrogen-bond acceptors (Lipinski definition) is 3. The van der Waals surface area contributed by atoms with Gasteiger partial charge in [0.1, 0.15) is 0 Å². The molecular formula is C11H24N2O2S. The number of piperidine rings is 1. The quantitative estimate of drug-likeness (QED) is 0.791. The maximum absolute atomic E-state index is 12.1. The molecule has 0 amide bonds. The predicted molar refractivity (Wildman–Crippen MR) is 66.9 cm³/mol. The van der Waals surface area contributed by atoms with Crippen LogP contribution >= 0.6 is 0 Å². The number of nitrogens with zero attached hydrogens (tertiary/aromatic N) is 1. The molecule has 1 atom stereocenters. The molecule has 1 fully saturated rings. The molecule has 4 nitrogen and oxygen atoms in total. The second kappa shape index (κ2) is 5.98. The van der Waals surface area contributed by atoms with Crippen LogP contribution in [0.2, 0.25) is 0 Å². The Hall–Kier alpha value is -0.130. The number of rotatable bonds is 5. The van der Waals surface area contributed by atoms with E-state index in [4.69, 9.17) is 0 Å². The van der Waals surface area contributed by atoms with Crippen molar-refractivity contribution in [2.75, 3.05) is 25.9 Å². The Labute approximate surface area is 99.5 Å². The van der Waals surface area contributed by atoms with Crippen LogP contribution in [0.1, 0.15) is 33.1 Å². The van der Waals surface area contributed by atoms with Crippen LogP contribution in [0.3, 0.4) is 0 Å². The van der Waals surface area contributed by atoms with Crippen molar-refractivity contribution >= 4 is 10.0 Å². The largest absolute Gasteiger partial charge is 0.317 e. The highest BCUT2D eigenvalue weighted by molar-refractivity contribution is 7.89. The van der Waals surface area contributed by atoms with Crippen LogP contribution < -0.4 is 5.32 Å². The molecule has 0 saturated carbocycles. The van der Waals surface area contributed by atoms with E-state index >= 15 is 0 Å². The van der Waals surface area contributed by atoms with Crippen molar-refractivity contribution < 1.29 is 8.42 Å². The van der Waals surface area contributed by atoms with Crippen molar-refractivity contribution in [3.63, 3.8) is 0 Å². The van der Waals surface area contributed by atoms with E-state index in [1.165, 1.54) is 4.31 Å². The lowest BCUT2D eigenvalue weighted by atomic mass is 10.0. The molecule has 96 valence electrons. The van der Waals surface area contributed by atoms with E-state index in [0.717, 1.165) is 32.4 Å². The maximum atomic E-state index is 12.1. The Kier molecular flexibility index (Phi) is 5.21. The Bertz CT molecular complexity index is 297. The van der Waals surface area contributed by atoms with E-state index in [9.17, 15) is 8.42 Å². The fourth-order valence-corrected chi connectivity index (χ4v) is 3.86. The van der Waals surface area contributed by atoms with Gasteiger partial charge in [0.25, 0.3) is 0 Å². The van der Waals surface area contributed by atoms with Crippen molar-refractivity contribution in [1.29, 1.82) is 0 Å². The summed E-state index contributed by atoms with van der Waals surface area (Å²) in [6.07, 6.45) is 2.82. The highest BCUT2D eigenvalue weighted by Crippen LogP contribution is 2.17. The monoisotopic (exact) mass is 248 g/mol. The third-order valence-corrected chi connectivity index (χ3v) is 5.69. The molecule has 5 heteroatoms. The van der Waals surface area contributed by atoms with E-state index < -0.39 is 10.0 Å². The minimum absolute atomic E-state index is 0.103. The minimum Gasteiger partial charge on any atom is -0.317 e. The maximum Gasteiger partial charge on any atom is 0.214 e. The van der Waals surface area contributed by atoms with E-state index in [2.05, 4.69) is 5.32 Å². The van der Waals surface area contributed by atoms with Crippen molar-refractivity contribution in [1.82, 2.24) is 9.62 Å². The van der Waals surface area contributed by atoms with Crippen molar-refractivity contribution in [3.8, 4) is 0 Å². The first-order valence-corrected chi connectivity index (χ1v) is 7.74. The number of nitrogens with one attached hydrogen (secondary N) is 1. The summed E-state index contributed by atoms with van der Waals surface area (Å²) in [5, 5.41) is 3.26. The zero-order valence-electron chi connectivity index (χ0n) is 10.6. The van der Waals surface area contributed by atoms with Gasteiger partial charge in [-0.3, -0.25) is 0 Å². The summed E-state index contributed by atoms with van der Waals surface area (Å²) >= 11 is 0. The van der Waals surface area contributed by atoms with Gasteiger partial charge in [0.05, 0.1) is 5.75 Å². The molecule has 1 unspecified atom stereocenters. The zero-order valence-corrected chi connectivity index (χ0v) is 11.4. The van der Waals surface area contributed by atoms with Crippen LogP contribution in [-0.2, 0) is 10.0 Å². The first-order valence-electron chi connectivity index (χ1n) is 6.13. The first kappa shape index (κ1) is 13.9. The summed E-state index contributed by atoms with van der Waals surface area (Å²) in [5.74, 6) is 0.646. The molecule has 0 aromatic heterocycles. The van der Waals surface area contributed by atoms with Gasteiger partial charge in [-0.1, -0.05) is 6.92 Å². The van der Waals surface area contributed by atoms with Gasteiger partial charge in [0.15, 0.2) is 0 Å². The van der Waals surface area contributed by atoms with Crippen LogP contribution in [0.4, 0.5) is 0 Å². The number of hydrogen-bond donors (Lipinski definition) is 1. The lowest BCUT2D eigenvalue weighted by Crippen LogP contribution is -2.40. The van der Waals surface area contributed by atoms with Gasteiger partial charge in [-0.2, -0.15) is 0 Å². The summed E-state index contributed by atoms with van der Waals surface area (Å²) in [6.45, 7) is 5.88. The van der Waals surface area contributed by atoms with Crippen molar-refractivity contribution in [2.24, 2.45) is 5.92 Å². The highest BCUT2D eigenvalue weighted by Gasteiger charge is 2.26. The molecule has 1 N–H and O–H groups in total. The van der Waals surface area contributed by atoms with Gasteiger partial charge in [-0.15, -0.1) is 0 Å². The Morgan fingerprint density at radius 1 is 1.38 bits per heavy atom. The fraction of sp³-hybridized carbons (Fsp3) is 1.00.